The summed E-state index contributed by atoms with van der Waals surface area (Å²) in [7, 11) is 4.06. The van der Waals surface area contributed by atoms with Gasteiger partial charge in [-0.2, -0.15) is 5.01 Å². The largest absolute Gasteiger partial charge is 0.382 e. The minimum Gasteiger partial charge on any atom is -0.382 e. The Morgan fingerprint density at radius 1 is 1.12 bits per heavy atom. The molecule has 5 N–H and O–H groups in total. The van der Waals surface area contributed by atoms with Gasteiger partial charge in [-0.05, 0) is 69.1 Å². The van der Waals surface area contributed by atoms with Crippen LogP contribution in [0.4, 0.5) is 10.7 Å². The maximum absolute atomic E-state index is 12.6. The molecule has 0 aliphatic carbocycles. The molecular formula is C29H33N7O2S2. The van der Waals surface area contributed by atoms with Crippen molar-refractivity contribution in [2.45, 2.75) is 20.3 Å². The lowest BCUT2D eigenvalue weighted by Gasteiger charge is -2.29. The maximum Gasteiger partial charge on any atom is 0.276 e. The first-order valence-corrected chi connectivity index (χ1v) is 14.2. The molecule has 2 amide bonds. The van der Waals surface area contributed by atoms with Gasteiger partial charge in [0.1, 0.15) is 10.8 Å². The number of amides is 2. The van der Waals surface area contributed by atoms with E-state index in [1.54, 1.807) is 6.92 Å². The fourth-order valence-corrected chi connectivity index (χ4v) is 5.97. The van der Waals surface area contributed by atoms with Crippen LogP contribution in [0.3, 0.4) is 0 Å². The summed E-state index contributed by atoms with van der Waals surface area (Å²) in [6, 6.07) is 11.8. The fourth-order valence-electron chi connectivity index (χ4n) is 4.13. The van der Waals surface area contributed by atoms with Crippen LogP contribution in [0.2, 0.25) is 0 Å². The SMILES string of the molecule is C=C(CCN(C)C)Nc1ccc(-c2sc(/N=C(\N)c3cccs3)c(C(=C)N(N)N3C(=O)C=C(C)C3=O)c2C)cc1. The Bertz CT molecular complexity index is 1520. The van der Waals surface area contributed by atoms with Gasteiger partial charge in [-0.1, -0.05) is 31.4 Å². The van der Waals surface area contributed by atoms with Crippen LogP contribution in [-0.2, 0) is 9.59 Å². The van der Waals surface area contributed by atoms with Crippen molar-refractivity contribution in [1.82, 2.24) is 15.0 Å². The van der Waals surface area contributed by atoms with Crippen molar-refractivity contribution >= 4 is 56.7 Å². The number of hydrogen-bond donors (Lipinski definition) is 3. The number of hydrogen-bond acceptors (Lipinski definition) is 9. The molecule has 0 fully saturated rings. The number of imide groups is 1. The van der Waals surface area contributed by atoms with Crippen LogP contribution in [0.1, 0.15) is 29.3 Å². The summed E-state index contributed by atoms with van der Waals surface area (Å²) in [6.45, 7) is 12.7. The molecule has 0 unspecified atom stereocenters. The standard InChI is InChI=1S/C29H33N7O2S2/c1-17-16-24(37)35(29(17)38)36(31)20(4)25-19(3)26(40-28(25)33-27(30)23-8-7-15-39-23)21-9-11-22(12-10-21)32-18(2)13-14-34(5)6/h7-12,15-16,32H,2,4,13-14,31H2,1,3,5-6H3,(H2,30,33). The number of aliphatic imine (C=N–C) groups is 1. The molecule has 40 heavy (non-hydrogen) atoms. The van der Waals surface area contributed by atoms with E-state index in [0.29, 0.717) is 22.0 Å². The number of nitrogens with two attached hydrogens (primary N) is 2. The highest BCUT2D eigenvalue weighted by atomic mass is 32.1. The number of carbonyl (C=O) groups excluding carboxylic acids is 2. The predicted molar refractivity (Wildman–Crippen MR) is 166 cm³/mol. The van der Waals surface area contributed by atoms with E-state index in [1.165, 1.54) is 28.7 Å². The summed E-state index contributed by atoms with van der Waals surface area (Å²) in [5, 5.41) is 7.71. The quantitative estimate of drug-likeness (QED) is 0.0959. The van der Waals surface area contributed by atoms with E-state index in [1.807, 2.05) is 62.8 Å². The van der Waals surface area contributed by atoms with Crippen molar-refractivity contribution in [3.05, 3.63) is 88.3 Å². The van der Waals surface area contributed by atoms with E-state index in [0.717, 1.165) is 55.4 Å². The van der Waals surface area contributed by atoms with Crippen LogP contribution in [0.15, 0.2) is 77.3 Å². The van der Waals surface area contributed by atoms with E-state index < -0.39 is 11.8 Å². The van der Waals surface area contributed by atoms with E-state index in [4.69, 9.17) is 16.6 Å². The molecule has 1 aromatic carbocycles. The number of benzene rings is 1. The third-order valence-corrected chi connectivity index (χ3v) is 8.44. The van der Waals surface area contributed by atoms with Crippen molar-refractivity contribution in [2.75, 3.05) is 26.0 Å². The van der Waals surface area contributed by atoms with Gasteiger partial charge in [-0.25, -0.2) is 16.0 Å². The van der Waals surface area contributed by atoms with Gasteiger partial charge >= 0.3 is 0 Å². The van der Waals surface area contributed by atoms with Crippen molar-refractivity contribution in [3.63, 3.8) is 0 Å². The molecule has 2 aromatic heterocycles. The second kappa shape index (κ2) is 12.0. The lowest BCUT2D eigenvalue weighted by Crippen LogP contribution is -2.49. The van der Waals surface area contributed by atoms with Crippen LogP contribution in [0.25, 0.3) is 16.1 Å². The number of rotatable bonds is 11. The summed E-state index contributed by atoms with van der Waals surface area (Å²) in [5.41, 5.74) is 11.2. The number of nitrogens with zero attached hydrogens (tertiary/aromatic N) is 4. The average molecular weight is 576 g/mol. The van der Waals surface area contributed by atoms with Crippen LogP contribution in [0, 0.1) is 6.92 Å². The van der Waals surface area contributed by atoms with Gasteiger partial charge in [-0.15, -0.1) is 22.7 Å². The summed E-state index contributed by atoms with van der Waals surface area (Å²) < 4.78 is 0. The Labute approximate surface area is 242 Å². The highest BCUT2D eigenvalue weighted by molar-refractivity contribution is 7.19. The molecule has 0 saturated heterocycles. The number of anilines is 1. The van der Waals surface area contributed by atoms with E-state index in [2.05, 4.69) is 23.4 Å². The molecule has 1 aliphatic rings. The molecular weight excluding hydrogens is 543 g/mol. The molecule has 0 bridgehead atoms. The van der Waals surface area contributed by atoms with Gasteiger partial charge in [-0.3, -0.25) is 9.59 Å². The molecule has 3 aromatic rings. The first-order chi connectivity index (χ1) is 19.0. The number of amidine groups is 1. The van der Waals surface area contributed by atoms with Crippen molar-refractivity contribution in [2.24, 2.45) is 16.6 Å². The topological polar surface area (TPSA) is 120 Å². The van der Waals surface area contributed by atoms with Gasteiger partial charge < -0.3 is 16.0 Å². The van der Waals surface area contributed by atoms with E-state index in [9.17, 15) is 9.59 Å². The second-order valence-corrected chi connectivity index (χ2v) is 11.6. The second-order valence-electron chi connectivity index (χ2n) is 9.64. The zero-order valence-electron chi connectivity index (χ0n) is 23.0. The molecule has 4 rings (SSSR count). The minimum absolute atomic E-state index is 0.248. The average Bonchev–Trinajstić information content (AvgIpc) is 3.61. The maximum atomic E-state index is 12.6. The number of nitrogens with one attached hydrogen (secondary N) is 1. The third-order valence-electron chi connectivity index (χ3n) is 6.31. The van der Waals surface area contributed by atoms with Crippen LogP contribution in [0.5, 0.6) is 0 Å². The highest BCUT2D eigenvalue weighted by Crippen LogP contribution is 2.45. The van der Waals surface area contributed by atoms with Crippen LogP contribution >= 0.6 is 22.7 Å². The molecule has 0 spiro atoms. The van der Waals surface area contributed by atoms with Gasteiger partial charge in [0, 0.05) is 40.0 Å². The predicted octanol–water partition coefficient (Wildman–Crippen LogP) is 5.08. The summed E-state index contributed by atoms with van der Waals surface area (Å²) in [5.74, 6) is 5.63. The highest BCUT2D eigenvalue weighted by Gasteiger charge is 2.35. The lowest BCUT2D eigenvalue weighted by atomic mass is 10.0. The van der Waals surface area contributed by atoms with E-state index >= 15 is 0 Å². The first kappa shape index (κ1) is 29.0. The Kier molecular flexibility index (Phi) is 8.70. The zero-order valence-corrected chi connectivity index (χ0v) is 24.7. The van der Waals surface area contributed by atoms with Crippen molar-refractivity contribution < 1.29 is 9.59 Å². The molecule has 1 aliphatic heterocycles. The van der Waals surface area contributed by atoms with Gasteiger partial charge in [0.25, 0.3) is 11.8 Å². The monoisotopic (exact) mass is 575 g/mol. The third kappa shape index (κ3) is 6.07. The van der Waals surface area contributed by atoms with E-state index in [-0.39, 0.29) is 5.70 Å². The molecule has 11 heteroatoms. The Morgan fingerprint density at radius 3 is 2.40 bits per heavy atom. The fraction of sp³-hybridized carbons (Fsp3) is 0.207. The smallest absolute Gasteiger partial charge is 0.276 e. The minimum atomic E-state index is -0.530. The first-order valence-electron chi connectivity index (χ1n) is 12.5. The van der Waals surface area contributed by atoms with Crippen molar-refractivity contribution in [3.8, 4) is 10.4 Å². The molecule has 0 saturated carbocycles. The van der Waals surface area contributed by atoms with Crippen LogP contribution < -0.4 is 16.9 Å². The zero-order chi connectivity index (χ0) is 29.1. The molecule has 9 nitrogen and oxygen atoms in total. The number of carbonyl (C=O) groups is 2. The molecule has 208 valence electrons. The van der Waals surface area contributed by atoms with Crippen molar-refractivity contribution in [1.29, 1.82) is 0 Å². The van der Waals surface area contributed by atoms with Crippen LogP contribution in [-0.4, -0.2) is 53.3 Å². The van der Waals surface area contributed by atoms with Gasteiger partial charge in [0.15, 0.2) is 0 Å². The summed E-state index contributed by atoms with van der Waals surface area (Å²) in [4.78, 5) is 33.7. The lowest BCUT2D eigenvalue weighted by molar-refractivity contribution is -0.150. The Morgan fingerprint density at radius 2 is 1.82 bits per heavy atom. The number of thiophene rings is 2. The Hall–Kier alpha value is -4.03. The summed E-state index contributed by atoms with van der Waals surface area (Å²) in [6.07, 6.45) is 2.09. The summed E-state index contributed by atoms with van der Waals surface area (Å²) >= 11 is 2.92. The van der Waals surface area contributed by atoms with Gasteiger partial charge in [0.2, 0.25) is 0 Å². The normalized spacial score (nSPS) is 13.7. The molecule has 0 atom stereocenters. The Balaban J connectivity index is 1.69. The number of hydrazine groups is 2. The molecule has 0 radical (unpaired) electrons. The van der Waals surface area contributed by atoms with Gasteiger partial charge in [0.05, 0.1) is 10.6 Å². The molecule has 3 heterocycles.